The Labute approximate surface area is 101 Å². The summed E-state index contributed by atoms with van der Waals surface area (Å²) in [6, 6.07) is 8.30. The monoisotopic (exact) mass is 236 g/mol. The number of carboxylic acids is 1. The Morgan fingerprint density at radius 3 is 2.29 bits per heavy atom. The predicted octanol–water partition coefficient (Wildman–Crippen LogP) is 2.51. The van der Waals surface area contributed by atoms with Crippen molar-refractivity contribution in [1.82, 2.24) is 0 Å². The first kappa shape index (κ1) is 14.9. The van der Waals surface area contributed by atoms with E-state index in [1.165, 1.54) is 0 Å². The van der Waals surface area contributed by atoms with Crippen LogP contribution in [0.3, 0.4) is 0 Å². The Kier molecular flexibility index (Phi) is 8.02. The lowest BCUT2D eigenvalue weighted by molar-refractivity contribution is -0.137. The highest BCUT2D eigenvalue weighted by molar-refractivity contribution is 5.87. The summed E-state index contributed by atoms with van der Waals surface area (Å²) >= 11 is 0. The molecule has 1 N–H and O–H groups in total. The molecule has 0 fully saturated rings. The summed E-state index contributed by atoms with van der Waals surface area (Å²) in [6.45, 7) is 5.67. The lowest BCUT2D eigenvalue weighted by Gasteiger charge is -1.94. The van der Waals surface area contributed by atoms with Crippen molar-refractivity contribution >= 4 is 11.9 Å². The minimum Gasteiger partial charge on any atom is -0.478 e. The first-order chi connectivity index (χ1) is 8.11. The molecule has 0 saturated heterocycles. The predicted molar refractivity (Wildman–Crippen MR) is 64.8 cm³/mol. The van der Waals surface area contributed by atoms with E-state index >= 15 is 0 Å². The van der Waals surface area contributed by atoms with E-state index in [1.54, 1.807) is 30.3 Å². The molecule has 0 aliphatic carbocycles. The van der Waals surface area contributed by atoms with E-state index in [4.69, 9.17) is 5.11 Å². The van der Waals surface area contributed by atoms with Crippen molar-refractivity contribution in [2.75, 3.05) is 6.61 Å². The Morgan fingerprint density at radius 2 is 1.94 bits per heavy atom. The number of rotatable bonds is 4. The van der Waals surface area contributed by atoms with Crippen molar-refractivity contribution in [3.8, 4) is 0 Å². The molecule has 1 rings (SSSR count). The van der Waals surface area contributed by atoms with Crippen molar-refractivity contribution in [3.05, 3.63) is 48.6 Å². The molecule has 0 unspecified atom stereocenters. The van der Waals surface area contributed by atoms with Gasteiger partial charge in [-0.05, 0) is 18.6 Å². The summed E-state index contributed by atoms with van der Waals surface area (Å²) in [7, 11) is 0. The maximum absolute atomic E-state index is 10.2. The molecule has 0 heterocycles. The summed E-state index contributed by atoms with van der Waals surface area (Å²) in [5.74, 6) is -1.22. The van der Waals surface area contributed by atoms with Crippen molar-refractivity contribution in [2.24, 2.45) is 0 Å². The number of carbonyl (C=O) groups excluding carboxylic acids is 1. The molecule has 0 aromatic heterocycles. The zero-order valence-electron chi connectivity index (χ0n) is 9.76. The molecule has 92 valence electrons. The van der Waals surface area contributed by atoms with Crippen LogP contribution in [0, 0.1) is 0 Å². The van der Waals surface area contributed by atoms with Gasteiger partial charge in [0.05, 0.1) is 12.2 Å². The zero-order chi connectivity index (χ0) is 13.1. The highest BCUT2D eigenvalue weighted by Crippen LogP contribution is 1.96. The van der Waals surface area contributed by atoms with Crippen LogP contribution in [0.4, 0.5) is 0 Å². The fourth-order valence-electron chi connectivity index (χ4n) is 0.842. The molecule has 0 spiro atoms. The standard InChI is InChI=1S/C7H6O2.C6H10O2/c8-7(9)6-4-2-1-3-5-6;1-3-5-8-6(7)4-2/h1-5H,(H,8,9);4H,2-3,5H2,1H3. The van der Waals surface area contributed by atoms with Gasteiger partial charge in [0, 0.05) is 6.08 Å². The quantitative estimate of drug-likeness (QED) is 0.644. The van der Waals surface area contributed by atoms with Gasteiger partial charge in [0.15, 0.2) is 0 Å². The van der Waals surface area contributed by atoms with Gasteiger partial charge in [0.2, 0.25) is 0 Å². The van der Waals surface area contributed by atoms with Gasteiger partial charge in [-0.3, -0.25) is 0 Å². The Bertz CT molecular complexity index is 357. The highest BCUT2D eigenvalue weighted by Gasteiger charge is 1.96. The molecule has 17 heavy (non-hydrogen) atoms. The lowest BCUT2D eigenvalue weighted by Crippen LogP contribution is -1.99. The third kappa shape index (κ3) is 7.79. The van der Waals surface area contributed by atoms with E-state index in [2.05, 4.69) is 11.3 Å². The second-order valence-corrected chi connectivity index (χ2v) is 3.04. The number of aromatic carboxylic acids is 1. The average molecular weight is 236 g/mol. The lowest BCUT2D eigenvalue weighted by atomic mass is 10.2. The van der Waals surface area contributed by atoms with Crippen LogP contribution in [0.2, 0.25) is 0 Å². The maximum atomic E-state index is 10.2. The summed E-state index contributed by atoms with van der Waals surface area (Å²) in [5, 5.41) is 8.38. The van der Waals surface area contributed by atoms with Crippen molar-refractivity contribution in [1.29, 1.82) is 0 Å². The third-order valence-corrected chi connectivity index (χ3v) is 1.64. The molecular formula is C13H16O4. The normalized spacial score (nSPS) is 8.53. The summed E-state index contributed by atoms with van der Waals surface area (Å²) < 4.78 is 4.58. The molecule has 0 bridgehead atoms. The topological polar surface area (TPSA) is 63.6 Å². The van der Waals surface area contributed by atoms with E-state index < -0.39 is 5.97 Å². The van der Waals surface area contributed by atoms with E-state index in [9.17, 15) is 9.59 Å². The van der Waals surface area contributed by atoms with Gasteiger partial charge in [-0.1, -0.05) is 31.7 Å². The maximum Gasteiger partial charge on any atom is 0.335 e. The van der Waals surface area contributed by atoms with Crippen LogP contribution < -0.4 is 0 Å². The number of carboxylic acid groups (broad SMARTS) is 1. The largest absolute Gasteiger partial charge is 0.478 e. The second kappa shape index (κ2) is 9.15. The van der Waals surface area contributed by atoms with Gasteiger partial charge < -0.3 is 9.84 Å². The first-order valence-corrected chi connectivity index (χ1v) is 5.19. The van der Waals surface area contributed by atoms with Crippen LogP contribution in [-0.2, 0) is 9.53 Å². The molecule has 0 aliphatic heterocycles. The van der Waals surface area contributed by atoms with Gasteiger partial charge >= 0.3 is 11.9 Å². The molecular weight excluding hydrogens is 220 g/mol. The SMILES string of the molecule is C=CC(=O)OCCC.O=C(O)c1ccccc1. The summed E-state index contributed by atoms with van der Waals surface area (Å²) in [6.07, 6.45) is 2.02. The molecule has 0 amide bonds. The summed E-state index contributed by atoms with van der Waals surface area (Å²) in [5.41, 5.74) is 0.331. The molecule has 1 aromatic carbocycles. The van der Waals surface area contributed by atoms with Gasteiger partial charge in [0.1, 0.15) is 0 Å². The smallest absolute Gasteiger partial charge is 0.335 e. The fourth-order valence-corrected chi connectivity index (χ4v) is 0.842. The Balaban J connectivity index is 0.000000304. The van der Waals surface area contributed by atoms with Crippen LogP contribution in [0.5, 0.6) is 0 Å². The number of esters is 1. The van der Waals surface area contributed by atoms with Gasteiger partial charge in [-0.25, -0.2) is 9.59 Å². The van der Waals surface area contributed by atoms with E-state index in [-0.39, 0.29) is 5.97 Å². The molecule has 0 saturated carbocycles. The van der Waals surface area contributed by atoms with Crippen LogP contribution >= 0.6 is 0 Å². The summed E-state index contributed by atoms with van der Waals surface area (Å²) in [4.78, 5) is 20.4. The Hall–Kier alpha value is -2.10. The van der Waals surface area contributed by atoms with Crippen LogP contribution in [0.25, 0.3) is 0 Å². The van der Waals surface area contributed by atoms with Crippen molar-refractivity contribution in [3.63, 3.8) is 0 Å². The van der Waals surface area contributed by atoms with Crippen molar-refractivity contribution in [2.45, 2.75) is 13.3 Å². The number of carbonyl (C=O) groups is 2. The molecule has 4 heteroatoms. The zero-order valence-corrected chi connectivity index (χ0v) is 9.76. The number of hydrogen-bond acceptors (Lipinski definition) is 3. The fraction of sp³-hybridized carbons (Fsp3) is 0.231. The van der Waals surface area contributed by atoms with Crippen LogP contribution in [0.15, 0.2) is 43.0 Å². The Morgan fingerprint density at radius 1 is 1.35 bits per heavy atom. The van der Waals surface area contributed by atoms with Crippen LogP contribution in [-0.4, -0.2) is 23.7 Å². The van der Waals surface area contributed by atoms with Gasteiger partial charge in [-0.15, -0.1) is 0 Å². The minimum atomic E-state index is -0.879. The molecule has 0 aliphatic rings. The minimum absolute atomic E-state index is 0.331. The molecule has 0 radical (unpaired) electrons. The first-order valence-electron chi connectivity index (χ1n) is 5.19. The van der Waals surface area contributed by atoms with Crippen LogP contribution in [0.1, 0.15) is 23.7 Å². The molecule has 4 nitrogen and oxygen atoms in total. The van der Waals surface area contributed by atoms with E-state index in [0.29, 0.717) is 12.2 Å². The third-order valence-electron chi connectivity index (χ3n) is 1.64. The number of benzene rings is 1. The van der Waals surface area contributed by atoms with Gasteiger partial charge in [-0.2, -0.15) is 0 Å². The van der Waals surface area contributed by atoms with Crippen molar-refractivity contribution < 1.29 is 19.4 Å². The van der Waals surface area contributed by atoms with E-state index in [0.717, 1.165) is 12.5 Å². The molecule has 1 aromatic rings. The van der Waals surface area contributed by atoms with E-state index in [1.807, 2.05) is 6.92 Å². The number of hydrogen-bond donors (Lipinski definition) is 1. The highest BCUT2D eigenvalue weighted by atomic mass is 16.5. The van der Waals surface area contributed by atoms with Gasteiger partial charge in [0.25, 0.3) is 0 Å². The average Bonchev–Trinajstić information content (AvgIpc) is 2.37. The second-order valence-electron chi connectivity index (χ2n) is 3.04. The number of ether oxygens (including phenoxy) is 1. The molecule has 0 atom stereocenters.